The molecular weight excluding hydrogens is 282 g/mol. The zero-order valence-corrected chi connectivity index (χ0v) is 10.9. The number of isocyanates is 2. The normalized spacial score (nSPS) is 22.9. The van der Waals surface area contributed by atoms with Crippen LogP contribution in [0.25, 0.3) is 0 Å². The zero-order chi connectivity index (χ0) is 15.4. The van der Waals surface area contributed by atoms with Crippen molar-refractivity contribution in [2.45, 2.75) is 37.6 Å². The number of nitrogens with zero attached hydrogens (tertiary/aromatic N) is 5. The van der Waals surface area contributed by atoms with Crippen LogP contribution in [0.2, 0.25) is 0 Å². The van der Waals surface area contributed by atoms with Gasteiger partial charge in [0.2, 0.25) is 17.8 Å². The molecule has 108 valence electrons. The van der Waals surface area contributed by atoms with Gasteiger partial charge in [-0.3, -0.25) is 0 Å². The van der Waals surface area contributed by atoms with Gasteiger partial charge >= 0.3 is 18.1 Å². The van der Waals surface area contributed by atoms with Crippen molar-refractivity contribution in [2.75, 3.05) is 0 Å². The van der Waals surface area contributed by atoms with Crippen molar-refractivity contribution in [2.24, 2.45) is 9.98 Å². The summed E-state index contributed by atoms with van der Waals surface area (Å²) in [6.07, 6.45) is 3.89. The molecule has 0 unspecified atom stereocenters. The van der Waals surface area contributed by atoms with E-state index in [2.05, 4.69) is 9.98 Å². The third-order valence-electron chi connectivity index (χ3n) is 3.96. The van der Waals surface area contributed by atoms with E-state index in [0.717, 1.165) is 14.7 Å². The summed E-state index contributed by atoms with van der Waals surface area (Å²) in [6, 6.07) is -2.43. The average molecular weight is 291 g/mol. The molecule has 3 aliphatic rings. The summed E-state index contributed by atoms with van der Waals surface area (Å²) >= 11 is 0. The Hall–Kier alpha value is -2.83. The average Bonchev–Trinajstić information content (AvgIpc) is 2.41. The van der Waals surface area contributed by atoms with Gasteiger partial charge in [0, 0.05) is 6.42 Å². The van der Waals surface area contributed by atoms with Crippen LogP contribution in [0.4, 0.5) is 14.4 Å². The maximum absolute atomic E-state index is 11.7. The maximum atomic E-state index is 11.7. The fourth-order valence-corrected chi connectivity index (χ4v) is 3.08. The minimum absolute atomic E-state index is 0.0886. The second-order valence-electron chi connectivity index (χ2n) is 4.82. The lowest BCUT2D eigenvalue weighted by Gasteiger charge is -2.77. The van der Waals surface area contributed by atoms with Gasteiger partial charge in [0.1, 0.15) is 0 Å². The Morgan fingerprint density at radius 1 is 1.00 bits per heavy atom. The predicted molar refractivity (Wildman–Crippen MR) is 62.9 cm³/mol. The van der Waals surface area contributed by atoms with E-state index in [-0.39, 0.29) is 6.42 Å². The number of urea groups is 3. The summed E-state index contributed by atoms with van der Waals surface area (Å²) in [5, 5.41) is 0. The van der Waals surface area contributed by atoms with Crippen molar-refractivity contribution in [3.05, 3.63) is 0 Å². The van der Waals surface area contributed by atoms with Crippen molar-refractivity contribution in [3.8, 4) is 0 Å². The Balaban J connectivity index is 2.13. The molecule has 3 aliphatic heterocycles. The molecule has 0 atom stereocenters. The fraction of sp³-hybridized carbons (Fsp3) is 0.545. The lowest BCUT2D eigenvalue weighted by atomic mass is 9.80. The highest BCUT2D eigenvalue weighted by Crippen LogP contribution is 2.62. The Labute approximate surface area is 117 Å². The van der Waals surface area contributed by atoms with Gasteiger partial charge in [-0.25, -0.2) is 24.0 Å². The van der Waals surface area contributed by atoms with Gasteiger partial charge in [-0.2, -0.15) is 24.7 Å². The Kier molecular flexibility index (Phi) is 2.41. The minimum Gasteiger partial charge on any atom is -0.247 e. The SMILES string of the molecule is CCCCC(N=C=O)(N=C=O)C12N3C(=O)N1C(=O)N2C3=O. The number of hydrogen-bond acceptors (Lipinski definition) is 7. The third-order valence-corrected chi connectivity index (χ3v) is 3.96. The van der Waals surface area contributed by atoms with Crippen molar-refractivity contribution in [1.82, 2.24) is 14.7 Å². The van der Waals surface area contributed by atoms with Crippen molar-refractivity contribution in [1.29, 1.82) is 0 Å². The summed E-state index contributed by atoms with van der Waals surface area (Å²) in [4.78, 5) is 66.1. The number of amides is 6. The number of aliphatic imine (C=N–C) groups is 2. The highest BCUT2D eigenvalue weighted by atomic mass is 16.3. The number of carbonyl (C=O) groups excluding carboxylic acids is 5. The minimum atomic E-state index is -1.78. The Morgan fingerprint density at radius 3 is 1.76 bits per heavy atom. The first-order valence-electron chi connectivity index (χ1n) is 6.24. The maximum Gasteiger partial charge on any atom is 0.343 e. The van der Waals surface area contributed by atoms with Gasteiger partial charge in [0.05, 0.1) is 0 Å². The second-order valence-corrected chi connectivity index (χ2v) is 4.82. The smallest absolute Gasteiger partial charge is 0.247 e. The molecule has 0 aromatic carbocycles. The second kappa shape index (κ2) is 3.85. The molecule has 0 aliphatic carbocycles. The monoisotopic (exact) mass is 291 g/mol. The standard InChI is InChI=1S/C11H9N5O5/c1-2-3-4-10(12-5-17,13-6-18)11-14-7(19)15(11)9(21)16(11)8(14)20/h2-4H2,1H3. The van der Waals surface area contributed by atoms with Crippen molar-refractivity contribution < 1.29 is 24.0 Å². The van der Waals surface area contributed by atoms with E-state index in [9.17, 15) is 24.0 Å². The van der Waals surface area contributed by atoms with E-state index >= 15 is 0 Å². The van der Waals surface area contributed by atoms with Crippen LogP contribution in [-0.4, -0.2) is 56.4 Å². The quantitative estimate of drug-likeness (QED) is 0.521. The van der Waals surface area contributed by atoms with Crippen LogP contribution in [0.1, 0.15) is 26.2 Å². The molecule has 0 spiro atoms. The first-order valence-corrected chi connectivity index (χ1v) is 6.24. The van der Waals surface area contributed by atoms with Gasteiger partial charge in [-0.1, -0.05) is 13.3 Å². The molecule has 0 bridgehead atoms. The summed E-state index contributed by atoms with van der Waals surface area (Å²) < 4.78 is 0. The van der Waals surface area contributed by atoms with E-state index in [4.69, 9.17) is 0 Å². The highest BCUT2D eigenvalue weighted by molar-refractivity contribution is 6.26. The number of unbranched alkanes of at least 4 members (excludes halogenated alkanes) is 1. The highest BCUT2D eigenvalue weighted by Gasteiger charge is 2.94. The lowest BCUT2D eigenvalue weighted by molar-refractivity contribution is -0.269. The van der Waals surface area contributed by atoms with Crippen LogP contribution in [0.5, 0.6) is 0 Å². The van der Waals surface area contributed by atoms with Crippen LogP contribution >= 0.6 is 0 Å². The first kappa shape index (κ1) is 13.2. The first-order chi connectivity index (χ1) is 10.0. The van der Waals surface area contributed by atoms with Crippen LogP contribution in [0.15, 0.2) is 9.98 Å². The van der Waals surface area contributed by atoms with Crippen molar-refractivity contribution >= 4 is 30.3 Å². The number of carbonyl (C=O) groups is 3. The van der Waals surface area contributed by atoms with E-state index < -0.39 is 29.5 Å². The molecule has 6 amide bonds. The molecule has 3 rings (SSSR count). The third kappa shape index (κ3) is 1.06. The van der Waals surface area contributed by atoms with E-state index in [1.54, 1.807) is 0 Å². The molecule has 3 saturated heterocycles. The summed E-state index contributed by atoms with van der Waals surface area (Å²) in [6.45, 7) is 1.86. The molecule has 21 heavy (non-hydrogen) atoms. The summed E-state index contributed by atoms with van der Waals surface area (Å²) in [7, 11) is 0. The van der Waals surface area contributed by atoms with Crippen LogP contribution in [-0.2, 0) is 9.59 Å². The molecule has 3 fully saturated rings. The molecule has 10 nitrogen and oxygen atoms in total. The fourth-order valence-electron chi connectivity index (χ4n) is 3.08. The molecule has 0 saturated carbocycles. The molecule has 0 aromatic heterocycles. The molecule has 0 radical (unpaired) electrons. The summed E-state index contributed by atoms with van der Waals surface area (Å²) in [5.74, 6) is -1.61. The summed E-state index contributed by atoms with van der Waals surface area (Å²) in [5.41, 5.74) is -1.78. The molecule has 3 heterocycles. The van der Waals surface area contributed by atoms with E-state index in [1.807, 2.05) is 6.92 Å². The number of hydrogen-bond donors (Lipinski definition) is 0. The predicted octanol–water partition coefficient (Wildman–Crippen LogP) is 0.505. The van der Waals surface area contributed by atoms with Gasteiger partial charge < -0.3 is 0 Å². The van der Waals surface area contributed by atoms with Crippen LogP contribution in [0, 0.1) is 0 Å². The molecule has 10 heteroatoms. The largest absolute Gasteiger partial charge is 0.343 e. The van der Waals surface area contributed by atoms with Gasteiger partial charge in [0.15, 0.2) is 0 Å². The van der Waals surface area contributed by atoms with E-state index in [1.165, 1.54) is 12.2 Å². The Morgan fingerprint density at radius 2 is 1.43 bits per heavy atom. The van der Waals surface area contributed by atoms with Gasteiger partial charge in [-0.05, 0) is 6.42 Å². The molecule has 0 N–H and O–H groups in total. The Bertz CT molecular complexity index is 588. The zero-order valence-electron chi connectivity index (χ0n) is 10.9. The number of imide groups is 3. The molecule has 0 aromatic rings. The molecular formula is C11H9N5O5. The topological polar surface area (TPSA) is 120 Å². The lowest BCUT2D eigenvalue weighted by Crippen LogP contribution is -3.09. The van der Waals surface area contributed by atoms with Crippen LogP contribution in [0.3, 0.4) is 0 Å². The van der Waals surface area contributed by atoms with Crippen molar-refractivity contribution in [3.63, 3.8) is 0 Å². The van der Waals surface area contributed by atoms with Crippen LogP contribution < -0.4 is 0 Å². The van der Waals surface area contributed by atoms with E-state index in [0.29, 0.717) is 12.8 Å². The number of rotatable bonds is 6. The van der Waals surface area contributed by atoms with Gasteiger partial charge in [0.25, 0.3) is 5.79 Å². The van der Waals surface area contributed by atoms with Gasteiger partial charge in [-0.15, -0.1) is 0 Å².